The van der Waals surface area contributed by atoms with Crippen molar-refractivity contribution in [1.29, 1.82) is 0 Å². The van der Waals surface area contributed by atoms with Crippen LogP contribution in [0.2, 0.25) is 0 Å². The van der Waals surface area contributed by atoms with E-state index in [1.807, 2.05) is 13.8 Å². The predicted molar refractivity (Wildman–Crippen MR) is 80.3 cm³/mol. The molecular formula is C15H22FN3O2. The van der Waals surface area contributed by atoms with Gasteiger partial charge in [-0.1, -0.05) is 19.9 Å². The number of hydrogen-bond donors (Lipinski definition) is 2. The lowest BCUT2D eigenvalue weighted by molar-refractivity contribution is -0.121. The molecule has 0 unspecified atom stereocenters. The number of benzene rings is 1. The third-order valence-electron chi connectivity index (χ3n) is 2.97. The highest BCUT2D eigenvalue weighted by Crippen LogP contribution is 2.18. The van der Waals surface area contributed by atoms with Gasteiger partial charge in [-0.05, 0) is 25.0 Å². The standard InChI is InChI=1S/C15H22FN3O2/c1-3-8-18-13(20)10-19(9-4-2)15(21)11-6-5-7-12(16)14(11)17/h5-7H,3-4,8-10,17H2,1-2H3,(H,18,20). The molecule has 0 heterocycles. The van der Waals surface area contributed by atoms with Crippen LogP contribution in [-0.2, 0) is 4.79 Å². The molecule has 6 heteroatoms. The molecule has 0 saturated carbocycles. The SMILES string of the molecule is CCCNC(=O)CN(CCC)C(=O)c1cccc(F)c1N. The predicted octanol–water partition coefficient (Wildman–Crippen LogP) is 1.79. The Kier molecular flexibility index (Phi) is 6.65. The molecule has 0 bridgehead atoms. The number of para-hydroxylation sites is 1. The molecule has 21 heavy (non-hydrogen) atoms. The zero-order chi connectivity index (χ0) is 15.8. The van der Waals surface area contributed by atoms with Gasteiger partial charge in [0.05, 0.1) is 17.8 Å². The summed E-state index contributed by atoms with van der Waals surface area (Å²) < 4.78 is 13.4. The van der Waals surface area contributed by atoms with E-state index < -0.39 is 11.7 Å². The zero-order valence-electron chi connectivity index (χ0n) is 12.5. The highest BCUT2D eigenvalue weighted by atomic mass is 19.1. The number of halogens is 1. The van der Waals surface area contributed by atoms with Gasteiger partial charge in [-0.3, -0.25) is 9.59 Å². The van der Waals surface area contributed by atoms with Crippen LogP contribution in [0.25, 0.3) is 0 Å². The monoisotopic (exact) mass is 295 g/mol. The number of carbonyl (C=O) groups excluding carboxylic acids is 2. The van der Waals surface area contributed by atoms with Crippen molar-refractivity contribution >= 4 is 17.5 Å². The molecule has 0 spiro atoms. The summed E-state index contributed by atoms with van der Waals surface area (Å²) in [4.78, 5) is 25.6. The minimum absolute atomic E-state index is 0.0529. The molecule has 0 atom stereocenters. The smallest absolute Gasteiger partial charge is 0.256 e. The third-order valence-corrected chi connectivity index (χ3v) is 2.97. The molecule has 5 nitrogen and oxygen atoms in total. The summed E-state index contributed by atoms with van der Waals surface area (Å²) in [6.45, 7) is 4.77. The van der Waals surface area contributed by atoms with E-state index >= 15 is 0 Å². The average molecular weight is 295 g/mol. The van der Waals surface area contributed by atoms with Crippen molar-refractivity contribution in [2.45, 2.75) is 26.7 Å². The number of anilines is 1. The van der Waals surface area contributed by atoms with Crippen LogP contribution in [0.5, 0.6) is 0 Å². The zero-order valence-corrected chi connectivity index (χ0v) is 12.5. The van der Waals surface area contributed by atoms with Crippen molar-refractivity contribution in [2.24, 2.45) is 0 Å². The Labute approximate surface area is 124 Å². The maximum atomic E-state index is 13.4. The molecular weight excluding hydrogens is 273 g/mol. The Hall–Kier alpha value is -2.11. The maximum absolute atomic E-state index is 13.4. The van der Waals surface area contributed by atoms with E-state index in [0.717, 1.165) is 6.42 Å². The van der Waals surface area contributed by atoms with E-state index in [2.05, 4.69) is 5.32 Å². The number of nitrogens with zero attached hydrogens (tertiary/aromatic N) is 1. The van der Waals surface area contributed by atoms with Gasteiger partial charge in [-0.25, -0.2) is 4.39 Å². The maximum Gasteiger partial charge on any atom is 0.256 e. The van der Waals surface area contributed by atoms with E-state index in [-0.39, 0.29) is 23.7 Å². The van der Waals surface area contributed by atoms with Crippen molar-refractivity contribution in [3.63, 3.8) is 0 Å². The van der Waals surface area contributed by atoms with E-state index in [9.17, 15) is 14.0 Å². The summed E-state index contributed by atoms with van der Waals surface area (Å²) in [6, 6.07) is 4.10. The minimum Gasteiger partial charge on any atom is -0.396 e. The van der Waals surface area contributed by atoms with Gasteiger partial charge in [-0.15, -0.1) is 0 Å². The Bertz CT molecular complexity index is 506. The number of carbonyl (C=O) groups is 2. The average Bonchev–Trinajstić information content (AvgIpc) is 2.47. The first kappa shape index (κ1) is 16.9. The molecule has 0 aromatic heterocycles. The second-order valence-corrected chi connectivity index (χ2v) is 4.78. The number of hydrogen-bond acceptors (Lipinski definition) is 3. The minimum atomic E-state index is -0.632. The number of rotatable bonds is 7. The van der Waals surface area contributed by atoms with Gasteiger partial charge in [0.2, 0.25) is 5.91 Å². The van der Waals surface area contributed by atoms with Crippen molar-refractivity contribution in [1.82, 2.24) is 10.2 Å². The third kappa shape index (κ3) is 4.73. The Balaban J connectivity index is 2.86. The van der Waals surface area contributed by atoms with E-state index in [4.69, 9.17) is 5.73 Å². The summed E-state index contributed by atoms with van der Waals surface area (Å²) >= 11 is 0. The van der Waals surface area contributed by atoms with Crippen molar-refractivity contribution in [2.75, 3.05) is 25.4 Å². The molecule has 0 saturated heterocycles. The second kappa shape index (κ2) is 8.24. The highest BCUT2D eigenvalue weighted by Gasteiger charge is 2.21. The molecule has 116 valence electrons. The van der Waals surface area contributed by atoms with Crippen LogP contribution in [0.3, 0.4) is 0 Å². The van der Waals surface area contributed by atoms with Gasteiger partial charge in [0.25, 0.3) is 5.91 Å². The van der Waals surface area contributed by atoms with E-state index in [0.29, 0.717) is 19.5 Å². The van der Waals surface area contributed by atoms with E-state index in [1.54, 1.807) is 0 Å². The normalized spacial score (nSPS) is 10.2. The van der Waals surface area contributed by atoms with Crippen LogP contribution in [-0.4, -0.2) is 36.3 Å². The fourth-order valence-corrected chi connectivity index (χ4v) is 1.91. The lowest BCUT2D eigenvalue weighted by atomic mass is 10.1. The van der Waals surface area contributed by atoms with Gasteiger partial charge in [0.15, 0.2) is 0 Å². The molecule has 0 radical (unpaired) electrons. The van der Waals surface area contributed by atoms with Crippen LogP contribution in [0.15, 0.2) is 18.2 Å². The largest absolute Gasteiger partial charge is 0.396 e. The fourth-order valence-electron chi connectivity index (χ4n) is 1.91. The van der Waals surface area contributed by atoms with Crippen LogP contribution >= 0.6 is 0 Å². The number of nitrogens with two attached hydrogens (primary N) is 1. The van der Waals surface area contributed by atoms with E-state index in [1.165, 1.54) is 23.1 Å². The quantitative estimate of drug-likeness (QED) is 0.753. The summed E-state index contributed by atoms with van der Waals surface area (Å²) in [5.41, 5.74) is 5.51. The molecule has 0 fully saturated rings. The number of nitrogen functional groups attached to an aromatic ring is 1. The van der Waals surface area contributed by atoms with Gasteiger partial charge in [-0.2, -0.15) is 0 Å². The first-order chi connectivity index (χ1) is 10.0. The number of amides is 2. The summed E-state index contributed by atoms with van der Waals surface area (Å²) in [6.07, 6.45) is 1.52. The summed E-state index contributed by atoms with van der Waals surface area (Å²) in [5.74, 6) is -1.29. The second-order valence-electron chi connectivity index (χ2n) is 4.78. The molecule has 1 rings (SSSR count). The lowest BCUT2D eigenvalue weighted by Gasteiger charge is -2.22. The fraction of sp³-hybridized carbons (Fsp3) is 0.467. The molecule has 1 aromatic carbocycles. The van der Waals surface area contributed by atoms with Gasteiger partial charge in [0, 0.05) is 13.1 Å². The number of nitrogens with one attached hydrogen (secondary N) is 1. The lowest BCUT2D eigenvalue weighted by Crippen LogP contribution is -2.41. The van der Waals surface area contributed by atoms with Crippen LogP contribution in [0.4, 0.5) is 10.1 Å². The first-order valence-electron chi connectivity index (χ1n) is 7.11. The van der Waals surface area contributed by atoms with Crippen molar-refractivity contribution in [3.8, 4) is 0 Å². The van der Waals surface area contributed by atoms with Gasteiger partial charge in [0.1, 0.15) is 5.82 Å². The highest BCUT2D eigenvalue weighted by molar-refractivity contribution is 6.00. The molecule has 0 aliphatic rings. The van der Waals surface area contributed by atoms with Gasteiger partial charge < -0.3 is 16.0 Å². The Morgan fingerprint density at radius 3 is 2.62 bits per heavy atom. The topological polar surface area (TPSA) is 75.4 Å². The van der Waals surface area contributed by atoms with Crippen LogP contribution < -0.4 is 11.1 Å². The van der Waals surface area contributed by atoms with Crippen LogP contribution in [0, 0.1) is 5.82 Å². The Morgan fingerprint density at radius 1 is 1.29 bits per heavy atom. The molecule has 0 aliphatic heterocycles. The van der Waals surface area contributed by atoms with Crippen molar-refractivity contribution in [3.05, 3.63) is 29.6 Å². The summed E-state index contributed by atoms with van der Waals surface area (Å²) in [5, 5.41) is 2.72. The Morgan fingerprint density at radius 2 is 2.00 bits per heavy atom. The van der Waals surface area contributed by atoms with Gasteiger partial charge >= 0.3 is 0 Å². The molecule has 0 aliphatic carbocycles. The summed E-state index contributed by atoms with van der Waals surface area (Å²) in [7, 11) is 0. The first-order valence-corrected chi connectivity index (χ1v) is 7.11. The molecule has 2 amide bonds. The van der Waals surface area contributed by atoms with Crippen LogP contribution in [0.1, 0.15) is 37.0 Å². The van der Waals surface area contributed by atoms with Crippen molar-refractivity contribution < 1.29 is 14.0 Å². The molecule has 3 N–H and O–H groups in total. The molecule has 1 aromatic rings.